The van der Waals surface area contributed by atoms with E-state index in [0.717, 1.165) is 17.8 Å². The molecule has 4 aliphatic carbocycles. The van der Waals surface area contributed by atoms with Gasteiger partial charge in [-0.1, -0.05) is 45.4 Å². The molecule has 0 bridgehead atoms. The second-order valence-electron chi connectivity index (χ2n) is 11.6. The highest BCUT2D eigenvalue weighted by Gasteiger charge is 2.60. The average Bonchev–Trinajstić information content (AvgIpc) is 2.80. The van der Waals surface area contributed by atoms with Crippen LogP contribution in [0.5, 0.6) is 0 Å². The van der Waals surface area contributed by atoms with E-state index < -0.39 is 0 Å². The molecule has 2 nitrogen and oxygen atoms in total. The fraction of sp³-hybridized carbons (Fsp3) is 0.846. The van der Waals surface area contributed by atoms with Crippen molar-refractivity contribution in [3.63, 3.8) is 0 Å². The summed E-state index contributed by atoms with van der Waals surface area (Å²) in [6, 6.07) is 1.26. The van der Waals surface area contributed by atoms with Gasteiger partial charge < -0.3 is 10.6 Å². The van der Waals surface area contributed by atoms with Crippen molar-refractivity contribution in [1.29, 1.82) is 0 Å². The molecule has 7 atom stereocenters. The van der Waals surface area contributed by atoms with E-state index in [1.807, 2.05) is 0 Å². The van der Waals surface area contributed by atoms with Gasteiger partial charge in [-0.05, 0) is 106 Å². The van der Waals surface area contributed by atoms with Gasteiger partial charge in [0.15, 0.2) is 0 Å². The van der Waals surface area contributed by atoms with E-state index in [2.05, 4.69) is 71.5 Å². The van der Waals surface area contributed by atoms with Gasteiger partial charge in [-0.3, -0.25) is 0 Å². The fourth-order valence-corrected chi connectivity index (χ4v) is 8.30. The summed E-state index contributed by atoms with van der Waals surface area (Å²) in [5.41, 5.74) is 4.70. The van der Waals surface area contributed by atoms with E-state index in [9.17, 15) is 0 Å². The van der Waals surface area contributed by atoms with Crippen molar-refractivity contribution in [2.24, 2.45) is 34.0 Å². The van der Waals surface area contributed by atoms with Crippen LogP contribution in [-0.4, -0.2) is 26.2 Å². The Morgan fingerprint density at radius 1 is 0.964 bits per heavy atom. The topological polar surface area (TPSA) is 24.1 Å². The molecule has 0 aromatic rings. The molecule has 0 heterocycles. The number of rotatable bonds is 3. The molecule has 2 heteroatoms. The van der Waals surface area contributed by atoms with Crippen molar-refractivity contribution in [2.75, 3.05) is 14.1 Å². The number of hydrogen-bond acceptors (Lipinski definition) is 2. The first-order chi connectivity index (χ1) is 13.2. The summed E-state index contributed by atoms with van der Waals surface area (Å²) in [6.07, 6.45) is 14.7. The normalized spacial score (nSPS) is 45.8. The first-order valence-corrected chi connectivity index (χ1v) is 11.9. The number of fused-ring (bicyclic) bond motifs is 4. The Kier molecular flexibility index (Phi) is 5.15. The average molecular weight is 385 g/mol. The molecule has 4 rings (SSSR count). The summed E-state index contributed by atoms with van der Waals surface area (Å²) in [5, 5.41) is 7.23. The van der Waals surface area contributed by atoms with E-state index in [1.165, 1.54) is 44.9 Å². The third kappa shape index (κ3) is 2.73. The van der Waals surface area contributed by atoms with Gasteiger partial charge in [0.1, 0.15) is 0 Å². The molecule has 2 saturated carbocycles. The van der Waals surface area contributed by atoms with Crippen LogP contribution in [0.15, 0.2) is 23.3 Å². The zero-order valence-corrected chi connectivity index (χ0v) is 19.5. The highest BCUT2D eigenvalue weighted by molar-refractivity contribution is 5.37. The Morgan fingerprint density at radius 2 is 1.68 bits per heavy atom. The first kappa shape index (κ1) is 20.7. The molecular weight excluding hydrogens is 340 g/mol. The molecule has 158 valence electrons. The van der Waals surface area contributed by atoms with E-state index >= 15 is 0 Å². The molecule has 2 fully saturated rings. The molecule has 4 aliphatic rings. The van der Waals surface area contributed by atoms with Crippen molar-refractivity contribution in [3.05, 3.63) is 23.3 Å². The number of nitrogens with one attached hydrogen (secondary N) is 2. The smallest absolute Gasteiger partial charge is 0.0124 e. The molecule has 0 spiro atoms. The van der Waals surface area contributed by atoms with E-state index in [-0.39, 0.29) is 0 Å². The van der Waals surface area contributed by atoms with Gasteiger partial charge in [-0.2, -0.15) is 0 Å². The lowest BCUT2D eigenvalue weighted by molar-refractivity contribution is 0.00109. The van der Waals surface area contributed by atoms with Crippen LogP contribution in [0.2, 0.25) is 0 Å². The van der Waals surface area contributed by atoms with Gasteiger partial charge in [0.05, 0.1) is 0 Å². The number of allylic oxidation sites excluding steroid dienone is 4. The van der Waals surface area contributed by atoms with Gasteiger partial charge in [0.25, 0.3) is 0 Å². The van der Waals surface area contributed by atoms with Crippen LogP contribution in [0.25, 0.3) is 0 Å². The van der Waals surface area contributed by atoms with Crippen LogP contribution in [0.3, 0.4) is 0 Å². The number of hydrogen-bond donors (Lipinski definition) is 2. The minimum absolute atomic E-state index is 0.357. The summed E-state index contributed by atoms with van der Waals surface area (Å²) in [6.45, 7) is 12.7. The molecule has 0 aromatic heterocycles. The molecule has 0 saturated heterocycles. The molecule has 0 unspecified atom stereocenters. The van der Waals surface area contributed by atoms with Crippen molar-refractivity contribution in [1.82, 2.24) is 10.6 Å². The lowest BCUT2D eigenvalue weighted by Crippen LogP contribution is -2.49. The highest BCUT2D eigenvalue weighted by atomic mass is 14.9. The monoisotopic (exact) mass is 384 g/mol. The van der Waals surface area contributed by atoms with Gasteiger partial charge in [0, 0.05) is 12.1 Å². The van der Waals surface area contributed by atoms with Crippen LogP contribution in [0.1, 0.15) is 79.6 Å². The Labute approximate surface area is 174 Å². The molecule has 28 heavy (non-hydrogen) atoms. The predicted octanol–water partition coefficient (Wildman–Crippen LogP) is 5.71. The SMILES string of the molecule is CN[C@H]1CCC2=CC3=CC[C@]4(C)[C@@H]([C@@H](C)NC)CC[C@@]4(C)[C@@H]3CC[C@@H]2C1(C)C. The Hall–Kier alpha value is -0.600. The van der Waals surface area contributed by atoms with Crippen LogP contribution >= 0.6 is 0 Å². The molecule has 0 aromatic carbocycles. The summed E-state index contributed by atoms with van der Waals surface area (Å²) in [7, 11) is 4.31. The fourth-order valence-electron chi connectivity index (χ4n) is 8.30. The zero-order valence-electron chi connectivity index (χ0n) is 19.5. The van der Waals surface area contributed by atoms with E-state index in [0.29, 0.717) is 28.3 Å². The van der Waals surface area contributed by atoms with Crippen LogP contribution in [0, 0.1) is 34.0 Å². The van der Waals surface area contributed by atoms with Crippen LogP contribution in [0.4, 0.5) is 0 Å². The summed E-state index contributed by atoms with van der Waals surface area (Å²) >= 11 is 0. The molecule has 0 amide bonds. The standard InChI is InChI=1S/C26H44N2/c1-17(27-6)20-13-15-26(5)22-10-9-21-18(8-11-23(28-7)24(21,2)3)16-19(22)12-14-25(20,26)4/h12,16-17,20-23,27-28H,8-11,13-15H2,1-7H3/t17-,20-,21+,22-,23+,25-,26+/m1/s1. The maximum Gasteiger partial charge on any atom is 0.0124 e. The zero-order chi connectivity index (χ0) is 20.3. The second-order valence-corrected chi connectivity index (χ2v) is 11.6. The third-order valence-electron chi connectivity index (χ3n) is 10.5. The second kappa shape index (κ2) is 6.98. The molecule has 2 N–H and O–H groups in total. The van der Waals surface area contributed by atoms with Crippen molar-refractivity contribution in [3.8, 4) is 0 Å². The quantitative estimate of drug-likeness (QED) is 0.651. The third-order valence-corrected chi connectivity index (χ3v) is 10.5. The lowest BCUT2D eigenvalue weighted by atomic mass is 9.51. The van der Waals surface area contributed by atoms with Crippen LogP contribution in [-0.2, 0) is 0 Å². The first-order valence-electron chi connectivity index (χ1n) is 11.9. The van der Waals surface area contributed by atoms with E-state index in [1.54, 1.807) is 11.1 Å². The van der Waals surface area contributed by atoms with Crippen molar-refractivity contribution >= 4 is 0 Å². The van der Waals surface area contributed by atoms with Crippen LogP contribution < -0.4 is 10.6 Å². The van der Waals surface area contributed by atoms with Crippen molar-refractivity contribution < 1.29 is 0 Å². The molecular formula is C26H44N2. The maximum absolute atomic E-state index is 3.64. The van der Waals surface area contributed by atoms with Gasteiger partial charge in [-0.15, -0.1) is 0 Å². The lowest BCUT2D eigenvalue weighted by Gasteiger charge is -2.53. The van der Waals surface area contributed by atoms with Gasteiger partial charge in [-0.25, -0.2) is 0 Å². The van der Waals surface area contributed by atoms with Gasteiger partial charge >= 0.3 is 0 Å². The molecule has 0 aliphatic heterocycles. The summed E-state index contributed by atoms with van der Waals surface area (Å²) in [4.78, 5) is 0. The Bertz CT molecular complexity index is 674. The minimum Gasteiger partial charge on any atom is -0.317 e. The minimum atomic E-state index is 0.357. The predicted molar refractivity (Wildman–Crippen MR) is 120 cm³/mol. The Balaban J connectivity index is 1.68. The summed E-state index contributed by atoms with van der Waals surface area (Å²) in [5.74, 6) is 2.29. The largest absolute Gasteiger partial charge is 0.317 e. The molecule has 0 radical (unpaired) electrons. The van der Waals surface area contributed by atoms with Crippen molar-refractivity contribution in [2.45, 2.75) is 91.6 Å². The maximum atomic E-state index is 3.64. The highest BCUT2D eigenvalue weighted by Crippen LogP contribution is 2.67. The Morgan fingerprint density at radius 3 is 2.36 bits per heavy atom. The van der Waals surface area contributed by atoms with E-state index in [4.69, 9.17) is 0 Å². The summed E-state index contributed by atoms with van der Waals surface area (Å²) < 4.78 is 0. The van der Waals surface area contributed by atoms with Gasteiger partial charge in [0.2, 0.25) is 0 Å².